The molecule has 2 N–H and O–H groups in total. The first-order chi connectivity index (χ1) is 16.2. The van der Waals surface area contributed by atoms with E-state index in [4.69, 9.17) is 28.3 Å². The summed E-state index contributed by atoms with van der Waals surface area (Å²) >= 11 is 12.2. The minimum atomic E-state index is -0.893. The third-order valence-electron chi connectivity index (χ3n) is 6.26. The highest BCUT2D eigenvalue weighted by Gasteiger charge is 2.23. The van der Waals surface area contributed by atoms with E-state index in [1.807, 2.05) is 31.3 Å². The Bertz CT molecular complexity index is 1190. The summed E-state index contributed by atoms with van der Waals surface area (Å²) in [4.78, 5) is 24.3. The number of aryl methyl sites for hydroxylation is 2. The number of carbonyl (C=O) groups is 2. The van der Waals surface area contributed by atoms with Crippen LogP contribution in [-0.2, 0) is 24.7 Å². The molecule has 1 aromatic heterocycles. The fourth-order valence-electron chi connectivity index (χ4n) is 4.54. The highest BCUT2D eigenvalue weighted by molar-refractivity contribution is 6.32. The second-order valence-corrected chi connectivity index (χ2v) is 9.92. The molecule has 5 nitrogen and oxygen atoms in total. The lowest BCUT2D eigenvalue weighted by atomic mass is 9.94. The van der Waals surface area contributed by atoms with Crippen molar-refractivity contribution < 1.29 is 19.8 Å². The van der Waals surface area contributed by atoms with Crippen LogP contribution in [0.15, 0.2) is 36.4 Å². The number of fused-ring (bicyclic) bond motifs is 1. The molecule has 2 aromatic carbocycles. The summed E-state index contributed by atoms with van der Waals surface area (Å²) in [6.45, 7) is 1.80. The van der Waals surface area contributed by atoms with E-state index in [2.05, 4.69) is 4.57 Å². The van der Waals surface area contributed by atoms with Gasteiger partial charge in [-0.2, -0.15) is 0 Å². The Morgan fingerprint density at radius 1 is 0.971 bits per heavy atom. The SMILES string of the molecule is C[C@H](CC(=O)O)CC(=O)c1c(CCCCCCc2ccc(O)c(Cl)c2)n(C)c2ccc(Cl)cc12. The predicted octanol–water partition coefficient (Wildman–Crippen LogP) is 7.22. The van der Waals surface area contributed by atoms with Crippen LogP contribution in [0, 0.1) is 5.92 Å². The van der Waals surface area contributed by atoms with Crippen LogP contribution >= 0.6 is 23.2 Å². The number of unbranched alkanes of at least 4 members (excludes halogenated alkanes) is 3. The predicted molar refractivity (Wildman–Crippen MR) is 137 cm³/mol. The second-order valence-electron chi connectivity index (χ2n) is 9.07. The van der Waals surface area contributed by atoms with Crippen molar-refractivity contribution >= 4 is 45.9 Å². The molecule has 3 rings (SSSR count). The van der Waals surface area contributed by atoms with Crippen LogP contribution in [0.25, 0.3) is 10.9 Å². The van der Waals surface area contributed by atoms with Crippen molar-refractivity contribution in [2.45, 2.75) is 58.3 Å². The Kier molecular flexibility index (Phi) is 9.03. The topological polar surface area (TPSA) is 79.5 Å². The largest absolute Gasteiger partial charge is 0.506 e. The standard InChI is InChI=1S/C27H31Cl2NO4/c1-17(14-26(33)34)13-25(32)27-20-16-19(28)10-11-22(20)30(2)23(27)8-6-4-3-5-7-18-9-12-24(31)21(29)15-18/h9-12,15-17,31H,3-8,13-14H2,1-2H3,(H,33,34)/t17-/m0/s1. The molecule has 0 spiro atoms. The third kappa shape index (κ3) is 6.55. The smallest absolute Gasteiger partial charge is 0.303 e. The van der Waals surface area contributed by atoms with Gasteiger partial charge < -0.3 is 14.8 Å². The molecule has 0 unspecified atom stereocenters. The number of ketones is 1. The highest BCUT2D eigenvalue weighted by atomic mass is 35.5. The van der Waals surface area contributed by atoms with E-state index in [0.717, 1.165) is 60.7 Å². The van der Waals surface area contributed by atoms with Crippen LogP contribution in [0.3, 0.4) is 0 Å². The molecule has 1 atom stereocenters. The van der Waals surface area contributed by atoms with E-state index < -0.39 is 5.97 Å². The normalized spacial score (nSPS) is 12.2. The van der Waals surface area contributed by atoms with E-state index in [1.165, 1.54) is 0 Å². The number of carboxylic acids is 1. The van der Waals surface area contributed by atoms with Gasteiger partial charge in [-0.15, -0.1) is 0 Å². The van der Waals surface area contributed by atoms with E-state index in [-0.39, 0.29) is 30.3 Å². The van der Waals surface area contributed by atoms with Gasteiger partial charge in [-0.3, -0.25) is 9.59 Å². The van der Waals surface area contributed by atoms with Crippen LogP contribution < -0.4 is 0 Å². The number of aromatic nitrogens is 1. The number of rotatable bonds is 12. The Morgan fingerprint density at radius 3 is 2.35 bits per heavy atom. The molecule has 0 amide bonds. The van der Waals surface area contributed by atoms with Gasteiger partial charge in [-0.1, -0.05) is 49.0 Å². The second kappa shape index (κ2) is 11.8. The molecular formula is C27H31Cl2NO4. The van der Waals surface area contributed by atoms with Crippen molar-refractivity contribution in [1.29, 1.82) is 0 Å². The maximum Gasteiger partial charge on any atom is 0.303 e. The highest BCUT2D eigenvalue weighted by Crippen LogP contribution is 2.31. The number of halogens is 2. The lowest BCUT2D eigenvalue weighted by molar-refractivity contribution is -0.137. The lowest BCUT2D eigenvalue weighted by Gasteiger charge is -2.11. The average molecular weight is 504 g/mol. The maximum atomic E-state index is 13.3. The van der Waals surface area contributed by atoms with Gasteiger partial charge in [0.1, 0.15) is 5.75 Å². The van der Waals surface area contributed by atoms with E-state index in [9.17, 15) is 14.7 Å². The first-order valence-corrected chi connectivity index (χ1v) is 12.4. The number of hydrogen-bond acceptors (Lipinski definition) is 3. The summed E-state index contributed by atoms with van der Waals surface area (Å²) in [6.07, 6.45) is 5.87. The first kappa shape index (κ1) is 26.1. The van der Waals surface area contributed by atoms with Gasteiger partial charge in [-0.05, 0) is 67.5 Å². The summed E-state index contributed by atoms with van der Waals surface area (Å²) < 4.78 is 2.07. The average Bonchev–Trinajstić information content (AvgIpc) is 3.03. The number of nitrogens with zero attached hydrogens (tertiary/aromatic N) is 1. The summed E-state index contributed by atoms with van der Waals surface area (Å²) in [5.74, 6) is -1.05. The molecule has 0 aliphatic rings. The molecular weight excluding hydrogens is 473 g/mol. The molecule has 182 valence electrons. The van der Waals surface area contributed by atoms with Crippen molar-refractivity contribution in [3.63, 3.8) is 0 Å². The molecule has 1 heterocycles. The van der Waals surface area contributed by atoms with Gasteiger partial charge in [0.15, 0.2) is 5.78 Å². The van der Waals surface area contributed by atoms with Crippen molar-refractivity contribution in [3.05, 3.63) is 63.3 Å². The third-order valence-corrected chi connectivity index (χ3v) is 6.80. The van der Waals surface area contributed by atoms with Crippen LogP contribution in [0.2, 0.25) is 10.0 Å². The summed E-state index contributed by atoms with van der Waals surface area (Å²) in [6, 6.07) is 10.9. The molecule has 34 heavy (non-hydrogen) atoms. The van der Waals surface area contributed by atoms with Crippen molar-refractivity contribution in [1.82, 2.24) is 4.57 Å². The fourth-order valence-corrected chi connectivity index (χ4v) is 4.92. The molecule has 0 aliphatic carbocycles. The molecule has 0 aliphatic heterocycles. The quantitative estimate of drug-likeness (QED) is 0.202. The molecule has 0 saturated heterocycles. The lowest BCUT2D eigenvalue weighted by Crippen LogP contribution is -2.12. The Balaban J connectivity index is 1.66. The van der Waals surface area contributed by atoms with E-state index >= 15 is 0 Å². The van der Waals surface area contributed by atoms with Crippen LogP contribution in [0.4, 0.5) is 0 Å². The van der Waals surface area contributed by atoms with Crippen LogP contribution in [0.5, 0.6) is 5.75 Å². The molecule has 0 radical (unpaired) electrons. The minimum Gasteiger partial charge on any atom is -0.506 e. The number of Topliss-reactive ketones (excluding diaryl/α,β-unsaturated/α-hetero) is 1. The van der Waals surface area contributed by atoms with E-state index in [1.54, 1.807) is 19.1 Å². The van der Waals surface area contributed by atoms with Gasteiger partial charge in [0.2, 0.25) is 0 Å². The molecule has 3 aromatic rings. The summed E-state index contributed by atoms with van der Waals surface area (Å²) in [5, 5.41) is 20.4. The Labute approximate surface area is 210 Å². The Hall–Kier alpha value is -2.50. The summed E-state index contributed by atoms with van der Waals surface area (Å²) in [7, 11) is 1.97. The zero-order valence-electron chi connectivity index (χ0n) is 19.6. The minimum absolute atomic E-state index is 0.0270. The maximum absolute atomic E-state index is 13.3. The van der Waals surface area contributed by atoms with Gasteiger partial charge in [0.25, 0.3) is 0 Å². The fraction of sp³-hybridized carbons (Fsp3) is 0.407. The monoisotopic (exact) mass is 503 g/mol. The zero-order valence-corrected chi connectivity index (χ0v) is 21.1. The molecule has 0 fully saturated rings. The number of aliphatic carboxylic acids is 1. The number of benzene rings is 2. The molecule has 0 bridgehead atoms. The van der Waals surface area contributed by atoms with Gasteiger partial charge in [0.05, 0.1) is 5.02 Å². The molecule has 0 saturated carbocycles. The van der Waals surface area contributed by atoms with Crippen molar-refractivity contribution in [3.8, 4) is 5.75 Å². The first-order valence-electron chi connectivity index (χ1n) is 11.7. The van der Waals surface area contributed by atoms with Crippen molar-refractivity contribution in [2.75, 3.05) is 0 Å². The van der Waals surface area contributed by atoms with Crippen LogP contribution in [-0.4, -0.2) is 26.5 Å². The van der Waals surface area contributed by atoms with Crippen molar-refractivity contribution in [2.24, 2.45) is 13.0 Å². The zero-order chi connectivity index (χ0) is 24.8. The number of aromatic hydroxyl groups is 1. The van der Waals surface area contributed by atoms with Crippen LogP contribution in [0.1, 0.15) is 67.1 Å². The number of carboxylic acid groups (broad SMARTS) is 1. The van der Waals surface area contributed by atoms with Gasteiger partial charge in [0, 0.05) is 47.1 Å². The van der Waals surface area contributed by atoms with Gasteiger partial charge >= 0.3 is 5.97 Å². The molecule has 7 heteroatoms. The van der Waals surface area contributed by atoms with E-state index in [0.29, 0.717) is 15.6 Å². The number of phenolic OH excluding ortho intramolecular Hbond substituents is 1. The number of hydrogen-bond donors (Lipinski definition) is 2. The number of carbonyl (C=O) groups excluding carboxylic acids is 1. The number of phenols is 1. The summed E-state index contributed by atoms with van der Waals surface area (Å²) in [5.41, 5.74) is 3.72. The Morgan fingerprint density at radius 2 is 1.68 bits per heavy atom. The van der Waals surface area contributed by atoms with Gasteiger partial charge in [-0.25, -0.2) is 0 Å².